The molecule has 4 rings (SSSR count). The van der Waals surface area contributed by atoms with Crippen LogP contribution in [-0.2, 0) is 16.8 Å². The Kier molecular flexibility index (Phi) is 4.03. The van der Waals surface area contributed by atoms with Crippen LogP contribution in [0.15, 0.2) is 48.5 Å². The number of aryl methyl sites for hydroxylation is 1. The molecule has 0 unspecified atom stereocenters. The average Bonchev–Trinajstić information content (AvgIpc) is 3.15. The van der Waals surface area contributed by atoms with Gasteiger partial charge in [-0.1, -0.05) is 24.3 Å². The summed E-state index contributed by atoms with van der Waals surface area (Å²) in [7, 11) is 1.60. The number of methoxy groups -OCH3 is 1. The van der Waals surface area contributed by atoms with E-state index in [0.717, 1.165) is 23.3 Å². The van der Waals surface area contributed by atoms with E-state index in [1.807, 2.05) is 24.3 Å². The summed E-state index contributed by atoms with van der Waals surface area (Å²) in [4.78, 5) is 26.7. The van der Waals surface area contributed by atoms with E-state index < -0.39 is 5.54 Å². The molecule has 2 aromatic rings. The fraction of sp³-hybridized carbons (Fsp3) is 0.300. The molecule has 2 aliphatic rings. The van der Waals surface area contributed by atoms with Gasteiger partial charge in [-0.3, -0.25) is 9.69 Å². The monoisotopic (exact) mass is 352 g/mol. The molecular weight excluding hydrogens is 332 g/mol. The molecule has 1 N–H and O–H groups in total. The van der Waals surface area contributed by atoms with Crippen molar-refractivity contribution in [2.45, 2.75) is 18.4 Å². The van der Waals surface area contributed by atoms with E-state index >= 15 is 0 Å². The molecule has 6 nitrogen and oxygen atoms in total. The molecule has 0 aromatic heterocycles. The molecule has 1 atom stereocenters. The van der Waals surface area contributed by atoms with Crippen molar-refractivity contribution in [1.29, 1.82) is 0 Å². The summed E-state index contributed by atoms with van der Waals surface area (Å²) in [6.45, 7) is 0.448. The maximum Gasteiger partial charge on any atom is 0.325 e. The topological polar surface area (TPSA) is 67.9 Å². The highest BCUT2D eigenvalue weighted by Crippen LogP contribution is 2.41. The van der Waals surface area contributed by atoms with Crippen LogP contribution in [0.1, 0.15) is 17.5 Å². The molecule has 0 saturated carbocycles. The van der Waals surface area contributed by atoms with Crippen LogP contribution in [-0.4, -0.2) is 37.1 Å². The Morgan fingerprint density at radius 3 is 2.58 bits per heavy atom. The van der Waals surface area contributed by atoms with Gasteiger partial charge >= 0.3 is 6.03 Å². The Balaban J connectivity index is 1.43. The third-order valence-electron chi connectivity index (χ3n) is 5.07. The van der Waals surface area contributed by atoms with Crippen molar-refractivity contribution in [3.05, 3.63) is 59.7 Å². The Hall–Kier alpha value is -3.02. The number of carbonyl (C=O) groups is 2. The lowest BCUT2D eigenvalue weighted by Crippen LogP contribution is -2.42. The van der Waals surface area contributed by atoms with Crippen LogP contribution in [0.3, 0.4) is 0 Å². The Labute approximate surface area is 151 Å². The predicted octanol–water partition coefficient (Wildman–Crippen LogP) is 2.47. The van der Waals surface area contributed by atoms with E-state index in [1.54, 1.807) is 31.4 Å². The molecule has 134 valence electrons. The van der Waals surface area contributed by atoms with Crippen molar-refractivity contribution >= 4 is 11.9 Å². The second kappa shape index (κ2) is 6.37. The minimum Gasteiger partial charge on any atom is -0.497 e. The molecule has 1 saturated heterocycles. The first-order valence-corrected chi connectivity index (χ1v) is 8.63. The molecule has 3 amide bonds. The maximum absolute atomic E-state index is 13.0. The highest BCUT2D eigenvalue weighted by molar-refractivity contribution is 6.08. The van der Waals surface area contributed by atoms with E-state index in [9.17, 15) is 9.59 Å². The average molecular weight is 352 g/mol. The number of nitrogens with zero attached hydrogens (tertiary/aromatic N) is 1. The largest absolute Gasteiger partial charge is 0.497 e. The zero-order valence-corrected chi connectivity index (χ0v) is 14.5. The molecule has 2 aromatic carbocycles. The molecule has 0 radical (unpaired) electrons. The van der Waals surface area contributed by atoms with Crippen molar-refractivity contribution in [3.8, 4) is 11.5 Å². The van der Waals surface area contributed by atoms with E-state index in [4.69, 9.17) is 9.47 Å². The summed E-state index contributed by atoms with van der Waals surface area (Å²) in [5, 5.41) is 2.91. The highest BCUT2D eigenvalue weighted by atomic mass is 16.5. The van der Waals surface area contributed by atoms with Crippen molar-refractivity contribution in [2.24, 2.45) is 0 Å². The van der Waals surface area contributed by atoms with Crippen LogP contribution in [0.25, 0.3) is 0 Å². The number of nitrogens with one attached hydrogen (secondary N) is 1. The minimum atomic E-state index is -0.909. The van der Waals surface area contributed by atoms with Crippen LogP contribution >= 0.6 is 0 Å². The van der Waals surface area contributed by atoms with Gasteiger partial charge in [0.2, 0.25) is 0 Å². The third-order valence-corrected chi connectivity index (χ3v) is 5.07. The number of imide groups is 1. The summed E-state index contributed by atoms with van der Waals surface area (Å²) in [5.74, 6) is 1.22. The van der Waals surface area contributed by atoms with Crippen LogP contribution in [0, 0.1) is 0 Å². The second-order valence-corrected chi connectivity index (χ2v) is 6.47. The van der Waals surface area contributed by atoms with Crippen molar-refractivity contribution in [2.75, 3.05) is 20.3 Å². The maximum atomic E-state index is 13.0. The van der Waals surface area contributed by atoms with Crippen LogP contribution < -0.4 is 14.8 Å². The number of carbonyl (C=O) groups excluding carboxylic acids is 2. The normalized spacial score (nSPS) is 21.0. The van der Waals surface area contributed by atoms with Gasteiger partial charge in [-0.05, 0) is 48.2 Å². The van der Waals surface area contributed by atoms with Crippen molar-refractivity contribution in [1.82, 2.24) is 10.2 Å². The molecule has 1 fully saturated rings. The smallest absolute Gasteiger partial charge is 0.325 e. The summed E-state index contributed by atoms with van der Waals surface area (Å²) in [6, 6.07) is 14.6. The highest BCUT2D eigenvalue weighted by Gasteiger charge is 2.54. The number of fused-ring (bicyclic) bond motifs is 2. The molecular formula is C20H20N2O4. The van der Waals surface area contributed by atoms with Gasteiger partial charge in [-0.15, -0.1) is 0 Å². The van der Waals surface area contributed by atoms with E-state index in [2.05, 4.69) is 5.32 Å². The number of hydrogen-bond acceptors (Lipinski definition) is 4. The first-order chi connectivity index (χ1) is 12.6. The Morgan fingerprint density at radius 2 is 1.81 bits per heavy atom. The summed E-state index contributed by atoms with van der Waals surface area (Å²) in [6.07, 6.45) is 1.39. The van der Waals surface area contributed by atoms with Gasteiger partial charge in [0.25, 0.3) is 5.91 Å². The van der Waals surface area contributed by atoms with E-state index in [0.29, 0.717) is 12.2 Å². The first kappa shape index (κ1) is 16.4. The van der Waals surface area contributed by atoms with Gasteiger partial charge in [-0.2, -0.15) is 0 Å². The van der Waals surface area contributed by atoms with Gasteiger partial charge in [0.1, 0.15) is 23.6 Å². The van der Waals surface area contributed by atoms with E-state index in [1.165, 1.54) is 4.90 Å². The lowest BCUT2D eigenvalue weighted by molar-refractivity contribution is -0.131. The standard InChI is InChI=1S/C20H20N2O4/c1-25-15-6-8-16(9-7-15)26-13-12-22-18(23)20(21-19(22)24)11-10-14-4-2-3-5-17(14)20/h2-9H,10-13H2,1H3,(H,21,24)/t20-/m0/s1. The summed E-state index contributed by atoms with van der Waals surface area (Å²) in [5.41, 5.74) is 1.13. The SMILES string of the molecule is COc1ccc(OCCN2C(=O)N[C@]3(CCc4ccccc43)C2=O)cc1. The van der Waals surface area contributed by atoms with Gasteiger partial charge in [-0.25, -0.2) is 4.79 Å². The van der Waals surface area contributed by atoms with Gasteiger partial charge in [0.15, 0.2) is 0 Å². The number of ether oxygens (including phenoxy) is 2. The van der Waals surface area contributed by atoms with Crippen LogP contribution in [0.2, 0.25) is 0 Å². The van der Waals surface area contributed by atoms with Crippen LogP contribution in [0.4, 0.5) is 4.79 Å². The Morgan fingerprint density at radius 1 is 1.08 bits per heavy atom. The number of benzene rings is 2. The molecule has 1 aliphatic heterocycles. The number of urea groups is 1. The lowest BCUT2D eigenvalue weighted by atomic mass is 9.92. The van der Waals surface area contributed by atoms with Crippen LogP contribution in [0.5, 0.6) is 11.5 Å². The number of hydrogen-bond donors (Lipinski definition) is 1. The molecule has 1 heterocycles. The molecule has 6 heteroatoms. The molecule has 26 heavy (non-hydrogen) atoms. The quantitative estimate of drug-likeness (QED) is 0.840. The summed E-state index contributed by atoms with van der Waals surface area (Å²) >= 11 is 0. The van der Waals surface area contributed by atoms with Gasteiger partial charge < -0.3 is 14.8 Å². The number of rotatable bonds is 5. The lowest BCUT2D eigenvalue weighted by Gasteiger charge is -2.22. The molecule has 1 spiro atoms. The molecule has 1 aliphatic carbocycles. The Bertz CT molecular complexity index is 849. The van der Waals surface area contributed by atoms with Crippen molar-refractivity contribution in [3.63, 3.8) is 0 Å². The minimum absolute atomic E-state index is 0.189. The predicted molar refractivity (Wildman–Crippen MR) is 95.2 cm³/mol. The summed E-state index contributed by atoms with van der Waals surface area (Å²) < 4.78 is 10.8. The fourth-order valence-electron chi connectivity index (χ4n) is 3.72. The molecule has 0 bridgehead atoms. The third kappa shape index (κ3) is 2.58. The van der Waals surface area contributed by atoms with Gasteiger partial charge in [0, 0.05) is 0 Å². The zero-order chi connectivity index (χ0) is 18.1. The van der Waals surface area contributed by atoms with Crippen molar-refractivity contribution < 1.29 is 19.1 Å². The first-order valence-electron chi connectivity index (χ1n) is 8.63. The number of amides is 3. The zero-order valence-electron chi connectivity index (χ0n) is 14.5. The fourth-order valence-corrected chi connectivity index (χ4v) is 3.72. The van der Waals surface area contributed by atoms with E-state index in [-0.39, 0.29) is 25.1 Å². The van der Waals surface area contributed by atoms with Gasteiger partial charge in [0.05, 0.1) is 13.7 Å². The second-order valence-electron chi connectivity index (χ2n) is 6.47.